The smallest absolute Gasteiger partial charge is 0.220 e. The second-order valence-electron chi connectivity index (χ2n) is 9.49. The molecule has 0 aliphatic heterocycles. The minimum Gasteiger partial charge on any atom is -0.356 e. The van der Waals surface area contributed by atoms with Crippen LogP contribution in [-0.4, -0.2) is 12.5 Å². The Labute approximate surface area is 152 Å². The minimum atomic E-state index is 0.266. The van der Waals surface area contributed by atoms with Gasteiger partial charge >= 0.3 is 0 Å². The van der Waals surface area contributed by atoms with Crippen molar-refractivity contribution in [3.05, 3.63) is 35.4 Å². The molecule has 0 aromatic heterocycles. The van der Waals surface area contributed by atoms with E-state index in [4.69, 9.17) is 0 Å². The first-order valence-electron chi connectivity index (χ1n) is 10.4. The molecule has 4 bridgehead atoms. The van der Waals surface area contributed by atoms with Gasteiger partial charge in [0, 0.05) is 13.0 Å². The van der Waals surface area contributed by atoms with Gasteiger partial charge in [-0.2, -0.15) is 0 Å². The predicted molar refractivity (Wildman–Crippen MR) is 103 cm³/mol. The maximum Gasteiger partial charge on any atom is 0.220 e. The normalized spacial score (nSPS) is 35.8. The van der Waals surface area contributed by atoms with Crippen LogP contribution < -0.4 is 5.32 Å². The van der Waals surface area contributed by atoms with Gasteiger partial charge in [-0.25, -0.2) is 0 Å². The number of carbonyl (C=O) groups excluding carboxylic acids is 1. The maximum absolute atomic E-state index is 12.2. The number of hydrogen-bond acceptors (Lipinski definition) is 1. The van der Waals surface area contributed by atoms with Gasteiger partial charge in [0.1, 0.15) is 0 Å². The summed E-state index contributed by atoms with van der Waals surface area (Å²) in [5.74, 6) is 2.01. The van der Waals surface area contributed by atoms with E-state index in [1.54, 1.807) is 5.56 Å². The van der Waals surface area contributed by atoms with Gasteiger partial charge in [0.05, 0.1) is 0 Å². The molecule has 1 aromatic rings. The Hall–Kier alpha value is -1.31. The molecule has 2 heteroatoms. The lowest BCUT2D eigenvalue weighted by Crippen LogP contribution is -2.57. The fourth-order valence-corrected chi connectivity index (χ4v) is 6.62. The lowest BCUT2D eigenvalue weighted by molar-refractivity contribution is -0.124. The molecular weight excluding hydrogens is 306 g/mol. The van der Waals surface area contributed by atoms with E-state index < -0.39 is 0 Å². The molecule has 136 valence electrons. The zero-order chi connectivity index (χ0) is 17.5. The molecule has 4 fully saturated rings. The average molecular weight is 340 g/mol. The number of rotatable bonds is 6. The third kappa shape index (κ3) is 3.25. The van der Waals surface area contributed by atoms with Crippen LogP contribution in [0, 0.1) is 24.2 Å². The van der Waals surface area contributed by atoms with Gasteiger partial charge in [0.25, 0.3) is 0 Å². The molecule has 0 saturated heterocycles. The first-order chi connectivity index (χ1) is 12.0. The molecule has 4 saturated carbocycles. The van der Waals surface area contributed by atoms with Gasteiger partial charge in [-0.1, -0.05) is 43.2 Å². The van der Waals surface area contributed by atoms with Gasteiger partial charge < -0.3 is 5.32 Å². The Bertz CT molecular complexity index is 618. The SMILES string of the molecule is CCCCC(=O)NCC12C[C@H]3C[C@H](C1)CC(c1ccc(C)cc1)(C3)C2. The number of hydrogen-bond donors (Lipinski definition) is 1. The van der Waals surface area contributed by atoms with Crippen molar-refractivity contribution in [1.29, 1.82) is 0 Å². The molecule has 2 atom stereocenters. The Morgan fingerprint density at radius 2 is 1.80 bits per heavy atom. The topological polar surface area (TPSA) is 29.1 Å². The highest BCUT2D eigenvalue weighted by Gasteiger charge is 2.57. The highest BCUT2D eigenvalue weighted by atomic mass is 16.1. The maximum atomic E-state index is 12.2. The van der Waals surface area contributed by atoms with E-state index >= 15 is 0 Å². The fourth-order valence-electron chi connectivity index (χ4n) is 6.62. The third-order valence-corrected chi connectivity index (χ3v) is 7.26. The molecule has 2 nitrogen and oxygen atoms in total. The first kappa shape index (κ1) is 17.1. The van der Waals surface area contributed by atoms with Crippen LogP contribution in [0.3, 0.4) is 0 Å². The summed E-state index contributed by atoms with van der Waals surface area (Å²) in [6, 6.07) is 9.34. The van der Waals surface area contributed by atoms with Crippen molar-refractivity contribution >= 4 is 5.91 Å². The quantitative estimate of drug-likeness (QED) is 0.764. The van der Waals surface area contributed by atoms with E-state index in [0.29, 0.717) is 17.3 Å². The summed E-state index contributed by atoms with van der Waals surface area (Å²) >= 11 is 0. The van der Waals surface area contributed by atoms with Gasteiger partial charge in [-0.05, 0) is 80.1 Å². The summed E-state index contributed by atoms with van der Waals surface area (Å²) in [4.78, 5) is 12.2. The van der Waals surface area contributed by atoms with Gasteiger partial charge in [-0.3, -0.25) is 4.79 Å². The molecule has 0 heterocycles. The Kier molecular flexibility index (Phi) is 4.42. The number of nitrogens with one attached hydrogen (secondary N) is 1. The van der Waals surface area contributed by atoms with Crippen LogP contribution in [0.5, 0.6) is 0 Å². The summed E-state index contributed by atoms with van der Waals surface area (Å²) in [6.45, 7) is 5.24. The molecular formula is C23H33NO. The molecule has 4 aliphatic rings. The minimum absolute atomic E-state index is 0.266. The van der Waals surface area contributed by atoms with Crippen LogP contribution in [0.2, 0.25) is 0 Å². The van der Waals surface area contributed by atoms with E-state index in [2.05, 4.69) is 43.4 Å². The van der Waals surface area contributed by atoms with Crippen LogP contribution in [0.4, 0.5) is 0 Å². The molecule has 4 aliphatic carbocycles. The van der Waals surface area contributed by atoms with Crippen LogP contribution in [0.25, 0.3) is 0 Å². The van der Waals surface area contributed by atoms with E-state index in [9.17, 15) is 4.79 Å². The van der Waals surface area contributed by atoms with Crippen molar-refractivity contribution in [3.8, 4) is 0 Å². The summed E-state index contributed by atoms with van der Waals surface area (Å²) < 4.78 is 0. The number of amides is 1. The first-order valence-corrected chi connectivity index (χ1v) is 10.4. The third-order valence-electron chi connectivity index (χ3n) is 7.26. The van der Waals surface area contributed by atoms with Crippen molar-refractivity contribution in [2.45, 2.75) is 77.0 Å². The average Bonchev–Trinajstić information content (AvgIpc) is 2.57. The zero-order valence-electron chi connectivity index (χ0n) is 15.9. The number of benzene rings is 1. The van der Waals surface area contributed by atoms with E-state index in [0.717, 1.165) is 31.2 Å². The van der Waals surface area contributed by atoms with E-state index in [1.807, 2.05) is 0 Å². The molecule has 5 rings (SSSR count). The lowest BCUT2D eigenvalue weighted by Gasteiger charge is -2.62. The number of aryl methyl sites for hydroxylation is 1. The standard InChI is InChI=1S/C23H33NO/c1-3-4-5-21(25)24-16-22-11-18-10-19(12-22)14-23(13-18,15-22)20-8-6-17(2)7-9-20/h6-9,18-19H,3-5,10-16H2,1-2H3,(H,24,25)/t18-,19-,22?,23?/m1/s1. The Morgan fingerprint density at radius 1 is 1.12 bits per heavy atom. The highest BCUT2D eigenvalue weighted by molar-refractivity contribution is 5.75. The van der Waals surface area contributed by atoms with Crippen LogP contribution in [0.1, 0.15) is 75.8 Å². The molecule has 1 aromatic carbocycles. The summed E-state index contributed by atoms with van der Waals surface area (Å²) in [7, 11) is 0. The zero-order valence-corrected chi connectivity index (χ0v) is 15.9. The van der Waals surface area contributed by atoms with Gasteiger partial charge in [0.2, 0.25) is 5.91 Å². The number of unbranched alkanes of at least 4 members (excludes halogenated alkanes) is 1. The summed E-state index contributed by atoms with van der Waals surface area (Å²) in [5.41, 5.74) is 3.66. The van der Waals surface area contributed by atoms with Crippen LogP contribution in [0.15, 0.2) is 24.3 Å². The van der Waals surface area contributed by atoms with Gasteiger partial charge in [0.15, 0.2) is 0 Å². The second kappa shape index (κ2) is 6.45. The van der Waals surface area contributed by atoms with Crippen molar-refractivity contribution in [2.75, 3.05) is 6.54 Å². The van der Waals surface area contributed by atoms with E-state index in [1.165, 1.54) is 44.1 Å². The second-order valence-corrected chi connectivity index (χ2v) is 9.49. The predicted octanol–water partition coefficient (Wildman–Crippen LogP) is 5.14. The molecule has 0 spiro atoms. The Balaban J connectivity index is 1.53. The van der Waals surface area contributed by atoms with Crippen molar-refractivity contribution in [3.63, 3.8) is 0 Å². The van der Waals surface area contributed by atoms with Crippen molar-refractivity contribution < 1.29 is 4.79 Å². The van der Waals surface area contributed by atoms with Gasteiger partial charge in [-0.15, -0.1) is 0 Å². The molecule has 25 heavy (non-hydrogen) atoms. The molecule has 0 unspecified atom stereocenters. The van der Waals surface area contributed by atoms with Crippen molar-refractivity contribution in [1.82, 2.24) is 5.32 Å². The largest absolute Gasteiger partial charge is 0.356 e. The summed E-state index contributed by atoms with van der Waals surface area (Å²) in [5, 5.41) is 3.31. The Morgan fingerprint density at radius 3 is 2.44 bits per heavy atom. The highest BCUT2D eigenvalue weighted by Crippen LogP contribution is 2.65. The monoisotopic (exact) mass is 339 g/mol. The van der Waals surface area contributed by atoms with E-state index in [-0.39, 0.29) is 5.91 Å². The molecule has 1 N–H and O–H groups in total. The fraction of sp³-hybridized carbons (Fsp3) is 0.696. The number of carbonyl (C=O) groups is 1. The summed E-state index contributed by atoms with van der Waals surface area (Å²) in [6.07, 6.45) is 10.9. The van der Waals surface area contributed by atoms with Crippen LogP contribution in [-0.2, 0) is 10.2 Å². The van der Waals surface area contributed by atoms with Crippen LogP contribution >= 0.6 is 0 Å². The lowest BCUT2D eigenvalue weighted by atomic mass is 9.43. The van der Waals surface area contributed by atoms with Crippen molar-refractivity contribution in [2.24, 2.45) is 17.3 Å². The molecule has 1 amide bonds. The molecule has 0 radical (unpaired) electrons.